The largest absolute Gasteiger partial charge is 0.493 e. The Labute approximate surface area is 124 Å². The third-order valence-electron chi connectivity index (χ3n) is 3.10. The van der Waals surface area contributed by atoms with Crippen LogP contribution in [0.3, 0.4) is 0 Å². The Morgan fingerprint density at radius 1 is 1.37 bits per heavy atom. The van der Waals surface area contributed by atoms with Crippen LogP contribution in [-0.4, -0.2) is 6.61 Å². The molecule has 0 saturated heterocycles. The van der Waals surface area contributed by atoms with Crippen LogP contribution in [-0.2, 0) is 0 Å². The van der Waals surface area contributed by atoms with E-state index in [0.717, 1.165) is 23.1 Å². The van der Waals surface area contributed by atoms with Crippen molar-refractivity contribution in [2.45, 2.75) is 46.5 Å². The average molecular weight is 324 g/mol. The molecule has 0 atom stereocenters. The lowest BCUT2D eigenvalue weighted by molar-refractivity contribution is 0.281. The molecule has 19 heavy (non-hydrogen) atoms. The van der Waals surface area contributed by atoms with E-state index in [4.69, 9.17) is 10.00 Å². The van der Waals surface area contributed by atoms with Crippen molar-refractivity contribution < 1.29 is 4.74 Å². The zero-order chi connectivity index (χ0) is 14.5. The summed E-state index contributed by atoms with van der Waals surface area (Å²) < 4.78 is 6.94. The van der Waals surface area contributed by atoms with E-state index in [9.17, 15) is 0 Å². The molecule has 0 radical (unpaired) electrons. The van der Waals surface area contributed by atoms with Gasteiger partial charge in [-0.25, -0.2) is 0 Å². The molecule has 0 aliphatic rings. The Balaban J connectivity index is 2.57. The minimum Gasteiger partial charge on any atom is -0.493 e. The molecule has 0 amide bonds. The van der Waals surface area contributed by atoms with Crippen LogP contribution in [0.2, 0.25) is 0 Å². The lowest BCUT2D eigenvalue weighted by Gasteiger charge is -2.17. The Bertz CT molecular complexity index is 460. The zero-order valence-corrected chi connectivity index (χ0v) is 13.8. The number of rotatable bonds is 6. The first-order valence-corrected chi connectivity index (χ1v) is 7.48. The van der Waals surface area contributed by atoms with Crippen molar-refractivity contribution in [3.05, 3.63) is 28.2 Å². The van der Waals surface area contributed by atoms with Crippen molar-refractivity contribution in [3.8, 4) is 11.8 Å². The smallest absolute Gasteiger partial charge is 0.122 e. The summed E-state index contributed by atoms with van der Waals surface area (Å²) in [6.07, 6.45) is 1.76. The van der Waals surface area contributed by atoms with Gasteiger partial charge in [-0.2, -0.15) is 5.26 Å². The highest BCUT2D eigenvalue weighted by Crippen LogP contribution is 2.30. The SMILES string of the molecule is CC(C)c1cc(Br)ccc1OCCCC(C)(C)C#N. The second-order valence-electron chi connectivity index (χ2n) is 5.78. The van der Waals surface area contributed by atoms with Gasteiger partial charge in [-0.3, -0.25) is 0 Å². The summed E-state index contributed by atoms with van der Waals surface area (Å²) in [5.74, 6) is 1.39. The topological polar surface area (TPSA) is 33.0 Å². The Kier molecular flexibility index (Phi) is 5.87. The van der Waals surface area contributed by atoms with Gasteiger partial charge in [0.1, 0.15) is 5.75 Å². The Morgan fingerprint density at radius 3 is 2.63 bits per heavy atom. The van der Waals surface area contributed by atoms with E-state index in [1.807, 2.05) is 26.0 Å². The highest BCUT2D eigenvalue weighted by Gasteiger charge is 2.16. The van der Waals surface area contributed by atoms with Gasteiger partial charge in [0.05, 0.1) is 18.1 Å². The molecule has 0 unspecified atom stereocenters. The molecule has 0 bridgehead atoms. The first kappa shape index (κ1) is 16.0. The van der Waals surface area contributed by atoms with Crippen molar-refractivity contribution in [3.63, 3.8) is 0 Å². The van der Waals surface area contributed by atoms with Gasteiger partial charge in [-0.15, -0.1) is 0 Å². The van der Waals surface area contributed by atoms with E-state index >= 15 is 0 Å². The molecule has 104 valence electrons. The van der Waals surface area contributed by atoms with E-state index in [1.165, 1.54) is 5.56 Å². The second-order valence-corrected chi connectivity index (χ2v) is 6.70. The Hall–Kier alpha value is -1.01. The zero-order valence-electron chi connectivity index (χ0n) is 12.2. The van der Waals surface area contributed by atoms with Crippen LogP contribution in [0.15, 0.2) is 22.7 Å². The van der Waals surface area contributed by atoms with Crippen LogP contribution in [0, 0.1) is 16.7 Å². The predicted octanol–water partition coefficient (Wildman–Crippen LogP) is 5.28. The molecule has 0 aliphatic carbocycles. The molecular formula is C16H22BrNO. The molecule has 0 aromatic heterocycles. The first-order valence-electron chi connectivity index (χ1n) is 6.69. The van der Waals surface area contributed by atoms with E-state index in [2.05, 4.69) is 41.9 Å². The third-order valence-corrected chi connectivity index (χ3v) is 3.59. The molecule has 1 rings (SSSR count). The standard InChI is InChI=1S/C16H22BrNO/c1-12(2)14-10-13(17)6-7-15(14)19-9-5-8-16(3,4)11-18/h6-7,10,12H,5,8-9H2,1-4H3. The summed E-state index contributed by atoms with van der Waals surface area (Å²) in [6.45, 7) is 8.91. The van der Waals surface area contributed by atoms with Crippen molar-refractivity contribution in [2.75, 3.05) is 6.61 Å². The van der Waals surface area contributed by atoms with E-state index in [0.29, 0.717) is 12.5 Å². The van der Waals surface area contributed by atoms with Crippen LogP contribution in [0.4, 0.5) is 0 Å². The molecule has 0 N–H and O–H groups in total. The maximum absolute atomic E-state index is 8.96. The van der Waals surface area contributed by atoms with E-state index < -0.39 is 0 Å². The van der Waals surface area contributed by atoms with Crippen LogP contribution >= 0.6 is 15.9 Å². The highest BCUT2D eigenvalue weighted by atomic mass is 79.9. The lowest BCUT2D eigenvalue weighted by Crippen LogP contribution is -2.10. The van der Waals surface area contributed by atoms with Gasteiger partial charge in [0.15, 0.2) is 0 Å². The quantitative estimate of drug-likeness (QED) is 0.667. The summed E-state index contributed by atoms with van der Waals surface area (Å²) in [7, 11) is 0. The fraction of sp³-hybridized carbons (Fsp3) is 0.562. The van der Waals surface area contributed by atoms with E-state index in [-0.39, 0.29) is 5.41 Å². The van der Waals surface area contributed by atoms with Gasteiger partial charge in [-0.1, -0.05) is 29.8 Å². The van der Waals surface area contributed by atoms with Crippen molar-refractivity contribution >= 4 is 15.9 Å². The fourth-order valence-electron chi connectivity index (χ4n) is 1.85. The third kappa shape index (κ3) is 5.24. The summed E-state index contributed by atoms with van der Waals surface area (Å²) in [5.41, 5.74) is 0.957. The molecule has 0 aliphatic heterocycles. The predicted molar refractivity (Wildman–Crippen MR) is 82.4 cm³/mol. The maximum atomic E-state index is 8.96. The maximum Gasteiger partial charge on any atom is 0.122 e. The number of ether oxygens (including phenoxy) is 1. The van der Waals surface area contributed by atoms with Gasteiger partial charge in [-0.05, 0) is 56.4 Å². The highest BCUT2D eigenvalue weighted by molar-refractivity contribution is 9.10. The minimum absolute atomic E-state index is 0.260. The number of benzene rings is 1. The fourth-order valence-corrected chi connectivity index (χ4v) is 2.23. The molecule has 0 fully saturated rings. The molecule has 0 saturated carbocycles. The Morgan fingerprint density at radius 2 is 2.05 bits per heavy atom. The second kappa shape index (κ2) is 6.96. The summed E-state index contributed by atoms with van der Waals surface area (Å²) in [5, 5.41) is 8.96. The van der Waals surface area contributed by atoms with Crippen LogP contribution in [0.25, 0.3) is 0 Å². The van der Waals surface area contributed by atoms with Gasteiger partial charge in [0.25, 0.3) is 0 Å². The first-order chi connectivity index (χ1) is 8.85. The van der Waals surface area contributed by atoms with E-state index in [1.54, 1.807) is 0 Å². The normalized spacial score (nSPS) is 11.4. The van der Waals surface area contributed by atoms with Gasteiger partial charge in [0, 0.05) is 4.47 Å². The number of nitriles is 1. The van der Waals surface area contributed by atoms with Crippen LogP contribution < -0.4 is 4.74 Å². The molecule has 0 heterocycles. The number of hydrogen-bond acceptors (Lipinski definition) is 2. The number of hydrogen-bond donors (Lipinski definition) is 0. The summed E-state index contributed by atoms with van der Waals surface area (Å²) >= 11 is 3.49. The summed E-state index contributed by atoms with van der Waals surface area (Å²) in [4.78, 5) is 0. The van der Waals surface area contributed by atoms with Gasteiger partial charge in [0.2, 0.25) is 0 Å². The van der Waals surface area contributed by atoms with Gasteiger partial charge < -0.3 is 4.74 Å². The summed E-state index contributed by atoms with van der Waals surface area (Å²) in [6, 6.07) is 8.43. The molecule has 2 nitrogen and oxygen atoms in total. The van der Waals surface area contributed by atoms with Crippen molar-refractivity contribution in [1.82, 2.24) is 0 Å². The molecular weight excluding hydrogens is 302 g/mol. The lowest BCUT2D eigenvalue weighted by atomic mass is 9.90. The minimum atomic E-state index is -0.260. The molecule has 1 aromatic rings. The van der Waals surface area contributed by atoms with Crippen LogP contribution in [0.5, 0.6) is 5.75 Å². The number of halogens is 1. The molecule has 0 spiro atoms. The molecule has 1 aromatic carbocycles. The van der Waals surface area contributed by atoms with Crippen molar-refractivity contribution in [1.29, 1.82) is 5.26 Å². The van der Waals surface area contributed by atoms with Gasteiger partial charge >= 0.3 is 0 Å². The molecule has 3 heteroatoms. The average Bonchev–Trinajstić information content (AvgIpc) is 2.36. The van der Waals surface area contributed by atoms with Crippen molar-refractivity contribution in [2.24, 2.45) is 5.41 Å². The van der Waals surface area contributed by atoms with Crippen LogP contribution in [0.1, 0.15) is 52.0 Å². The number of nitrogens with zero attached hydrogens (tertiary/aromatic N) is 1. The monoisotopic (exact) mass is 323 g/mol.